The molecule has 3 fully saturated rings. The van der Waals surface area contributed by atoms with Crippen LogP contribution in [0.2, 0.25) is 0 Å². The predicted molar refractivity (Wildman–Crippen MR) is 123 cm³/mol. The van der Waals surface area contributed by atoms with Crippen LogP contribution in [0.5, 0.6) is 0 Å². The lowest BCUT2D eigenvalue weighted by molar-refractivity contribution is 0.123. The Bertz CT molecular complexity index is 619. The number of aliphatic hydroxyl groups is 2. The molecular formula is C27H44O2. The highest BCUT2D eigenvalue weighted by Gasteiger charge is 2.41. The Hall–Kier alpha value is -0.860. The molecule has 0 aromatic heterocycles. The van der Waals surface area contributed by atoms with Gasteiger partial charge in [-0.05, 0) is 86.0 Å². The molecular weight excluding hydrogens is 356 g/mol. The zero-order valence-electron chi connectivity index (χ0n) is 19.3. The van der Waals surface area contributed by atoms with E-state index in [1.165, 1.54) is 51.4 Å². The van der Waals surface area contributed by atoms with Crippen LogP contribution in [0.1, 0.15) is 91.9 Å². The van der Waals surface area contributed by atoms with E-state index in [0.29, 0.717) is 23.8 Å². The first-order valence-electron chi connectivity index (χ1n) is 12.1. The van der Waals surface area contributed by atoms with Crippen LogP contribution in [0.25, 0.3) is 0 Å². The van der Waals surface area contributed by atoms with E-state index in [1.54, 1.807) is 5.57 Å². The van der Waals surface area contributed by atoms with Crippen molar-refractivity contribution in [3.05, 3.63) is 35.5 Å². The molecule has 0 aliphatic heterocycles. The third kappa shape index (κ3) is 5.85. The van der Waals surface area contributed by atoms with Crippen molar-refractivity contribution in [3.8, 4) is 0 Å². The standard InChI is InChI=1S/C27H44O2/c1-18(8-7-15-27(3,4)5)22-13-14-23-21(9-6-10-24(22)23)12-11-20-16-25(28)19(2)26(29)17-20/h11-12,18,22-26,28-29H,2,6-10,13-17H2,1,3-5H3/b21-12+/t18-,22?,23-,24+,25+,26+/m0/s1. The molecule has 1 unspecified atom stereocenters. The summed E-state index contributed by atoms with van der Waals surface area (Å²) in [6.45, 7) is 13.4. The first kappa shape index (κ1) is 22.8. The van der Waals surface area contributed by atoms with Crippen molar-refractivity contribution in [3.63, 3.8) is 0 Å². The van der Waals surface area contributed by atoms with Gasteiger partial charge in [-0.1, -0.05) is 70.4 Å². The second-order valence-corrected chi connectivity index (χ2v) is 11.4. The van der Waals surface area contributed by atoms with Crippen molar-refractivity contribution in [2.24, 2.45) is 29.1 Å². The minimum atomic E-state index is -0.590. The monoisotopic (exact) mass is 400 g/mol. The molecule has 0 amide bonds. The molecule has 6 atom stereocenters. The molecule has 3 rings (SSSR count). The first-order chi connectivity index (χ1) is 13.7. The minimum absolute atomic E-state index is 0.457. The van der Waals surface area contributed by atoms with Crippen molar-refractivity contribution in [2.75, 3.05) is 0 Å². The van der Waals surface area contributed by atoms with Crippen LogP contribution in [0.3, 0.4) is 0 Å². The van der Waals surface area contributed by atoms with E-state index in [0.717, 1.165) is 29.2 Å². The normalized spacial score (nSPS) is 35.7. The maximum atomic E-state index is 10.1. The van der Waals surface area contributed by atoms with Gasteiger partial charge in [-0.15, -0.1) is 0 Å². The molecule has 3 saturated carbocycles. The molecule has 2 heteroatoms. The third-order valence-corrected chi connectivity index (χ3v) is 7.97. The van der Waals surface area contributed by atoms with Crippen LogP contribution in [-0.4, -0.2) is 22.4 Å². The number of aliphatic hydroxyl groups excluding tert-OH is 2. The van der Waals surface area contributed by atoms with Gasteiger partial charge in [-0.25, -0.2) is 0 Å². The molecule has 0 spiro atoms. The molecule has 0 bridgehead atoms. The predicted octanol–water partition coefficient (Wildman–Crippen LogP) is 6.59. The van der Waals surface area contributed by atoms with Gasteiger partial charge in [0.2, 0.25) is 0 Å². The quantitative estimate of drug-likeness (QED) is 0.511. The maximum Gasteiger partial charge on any atom is 0.0809 e. The van der Waals surface area contributed by atoms with Gasteiger partial charge in [0.15, 0.2) is 0 Å². The summed E-state index contributed by atoms with van der Waals surface area (Å²) in [6.07, 6.45) is 15.4. The number of fused-ring (bicyclic) bond motifs is 1. The van der Waals surface area contributed by atoms with Gasteiger partial charge in [0, 0.05) is 0 Å². The van der Waals surface area contributed by atoms with E-state index in [9.17, 15) is 10.2 Å². The van der Waals surface area contributed by atoms with E-state index in [-0.39, 0.29) is 0 Å². The molecule has 2 nitrogen and oxygen atoms in total. The molecule has 29 heavy (non-hydrogen) atoms. The Kier molecular flexibility index (Phi) is 7.49. The van der Waals surface area contributed by atoms with Gasteiger partial charge in [0.25, 0.3) is 0 Å². The van der Waals surface area contributed by atoms with Gasteiger partial charge in [-0.2, -0.15) is 0 Å². The Morgan fingerprint density at radius 2 is 1.76 bits per heavy atom. The van der Waals surface area contributed by atoms with E-state index in [2.05, 4.69) is 46.4 Å². The molecule has 0 heterocycles. The van der Waals surface area contributed by atoms with Crippen molar-refractivity contribution >= 4 is 0 Å². The summed E-state index contributed by atoms with van der Waals surface area (Å²) in [5, 5.41) is 20.2. The fourth-order valence-electron chi connectivity index (χ4n) is 6.21. The van der Waals surface area contributed by atoms with Crippen molar-refractivity contribution in [2.45, 2.75) is 104 Å². The van der Waals surface area contributed by atoms with Crippen LogP contribution < -0.4 is 0 Å². The highest BCUT2D eigenvalue weighted by atomic mass is 16.3. The number of hydrogen-bond acceptors (Lipinski definition) is 2. The summed E-state index contributed by atoms with van der Waals surface area (Å²) in [6, 6.07) is 0. The number of allylic oxidation sites excluding steroid dienone is 3. The lowest BCUT2D eigenvalue weighted by Crippen LogP contribution is -2.28. The fourth-order valence-corrected chi connectivity index (χ4v) is 6.21. The van der Waals surface area contributed by atoms with Gasteiger partial charge >= 0.3 is 0 Å². The van der Waals surface area contributed by atoms with Gasteiger partial charge in [0.05, 0.1) is 12.2 Å². The maximum absolute atomic E-state index is 10.1. The third-order valence-electron chi connectivity index (χ3n) is 7.97. The average Bonchev–Trinajstić information content (AvgIpc) is 3.08. The Balaban J connectivity index is 1.61. The fraction of sp³-hybridized carbons (Fsp3) is 0.778. The zero-order chi connectivity index (χ0) is 21.2. The van der Waals surface area contributed by atoms with Crippen LogP contribution >= 0.6 is 0 Å². The highest BCUT2D eigenvalue weighted by molar-refractivity contribution is 5.28. The summed E-state index contributed by atoms with van der Waals surface area (Å²) < 4.78 is 0. The lowest BCUT2D eigenvalue weighted by atomic mass is 9.71. The second kappa shape index (κ2) is 9.52. The molecule has 3 aliphatic carbocycles. The number of rotatable bonds is 5. The first-order valence-corrected chi connectivity index (χ1v) is 12.1. The molecule has 164 valence electrons. The number of hydrogen-bond donors (Lipinski definition) is 2. The van der Waals surface area contributed by atoms with E-state index >= 15 is 0 Å². The molecule has 0 aromatic carbocycles. The summed E-state index contributed by atoms with van der Waals surface area (Å²) in [7, 11) is 0. The topological polar surface area (TPSA) is 40.5 Å². The SMILES string of the molecule is C=C1[C@H](O)CC(=C/C=C2\CCC[C@@H]3C([C@@H](C)CCCC(C)(C)C)CC[C@@H]23)C[C@H]1O. The Morgan fingerprint density at radius 1 is 1.07 bits per heavy atom. The Labute approximate surface area is 179 Å². The van der Waals surface area contributed by atoms with Crippen molar-refractivity contribution in [1.82, 2.24) is 0 Å². The smallest absolute Gasteiger partial charge is 0.0809 e. The molecule has 0 aromatic rings. The summed E-state index contributed by atoms with van der Waals surface area (Å²) in [5.74, 6) is 3.39. The molecule has 2 N–H and O–H groups in total. The summed E-state index contributed by atoms with van der Waals surface area (Å²) in [5.41, 5.74) is 3.83. The zero-order valence-corrected chi connectivity index (χ0v) is 19.3. The highest BCUT2D eigenvalue weighted by Crippen LogP contribution is 2.51. The van der Waals surface area contributed by atoms with Crippen LogP contribution in [0.4, 0.5) is 0 Å². The van der Waals surface area contributed by atoms with E-state index in [4.69, 9.17) is 0 Å². The summed E-state index contributed by atoms with van der Waals surface area (Å²) in [4.78, 5) is 0. The average molecular weight is 401 g/mol. The molecule has 3 aliphatic rings. The van der Waals surface area contributed by atoms with Gasteiger partial charge in [0.1, 0.15) is 0 Å². The van der Waals surface area contributed by atoms with Gasteiger partial charge in [-0.3, -0.25) is 0 Å². The van der Waals surface area contributed by atoms with E-state index < -0.39 is 12.2 Å². The van der Waals surface area contributed by atoms with E-state index in [1.807, 2.05) is 0 Å². The van der Waals surface area contributed by atoms with Crippen LogP contribution in [0.15, 0.2) is 35.5 Å². The molecule has 0 radical (unpaired) electrons. The van der Waals surface area contributed by atoms with Gasteiger partial charge < -0.3 is 10.2 Å². The lowest BCUT2D eigenvalue weighted by Gasteiger charge is -2.34. The molecule has 0 saturated heterocycles. The van der Waals surface area contributed by atoms with Crippen molar-refractivity contribution in [1.29, 1.82) is 0 Å². The van der Waals surface area contributed by atoms with Crippen molar-refractivity contribution < 1.29 is 10.2 Å². The Morgan fingerprint density at radius 3 is 2.41 bits per heavy atom. The van der Waals surface area contributed by atoms with Crippen LogP contribution in [-0.2, 0) is 0 Å². The largest absolute Gasteiger partial charge is 0.388 e. The minimum Gasteiger partial charge on any atom is -0.388 e. The summed E-state index contributed by atoms with van der Waals surface area (Å²) >= 11 is 0. The van der Waals surface area contributed by atoms with Crippen LogP contribution in [0, 0.1) is 29.1 Å². The second-order valence-electron chi connectivity index (χ2n) is 11.4.